The van der Waals surface area contributed by atoms with Crippen molar-refractivity contribution in [1.82, 2.24) is 20.1 Å². The number of nitrogens with one attached hydrogen (secondary N) is 1. The van der Waals surface area contributed by atoms with Gasteiger partial charge < -0.3 is 0 Å². The van der Waals surface area contributed by atoms with E-state index in [1.54, 1.807) is 0 Å². The largest absolute Gasteiger partial charge is 0.298 e. The van der Waals surface area contributed by atoms with Crippen LogP contribution in [0.4, 0.5) is 0 Å². The maximum Gasteiger partial charge on any atom is 0.0705 e. The minimum atomic E-state index is 0.482. The van der Waals surface area contributed by atoms with Crippen molar-refractivity contribution in [3.8, 4) is 11.1 Å². The standard InChI is InChI=1S/C25H26N4/c1-18-9-11-19(12-10-18)23-15-27-28-25(23)21-6-4-14-29(17-21)16-20-5-2-8-24-22(20)7-3-13-26-24/h2-3,5,7-13,15,21H,4,6,14,16-17H2,1H3,(H,27,28)/t21-/m1/s1. The van der Waals surface area contributed by atoms with Gasteiger partial charge in [0.1, 0.15) is 0 Å². The van der Waals surface area contributed by atoms with Crippen LogP contribution in [0.5, 0.6) is 0 Å². The molecule has 1 saturated heterocycles. The zero-order valence-corrected chi connectivity index (χ0v) is 16.8. The Morgan fingerprint density at radius 1 is 1.07 bits per heavy atom. The van der Waals surface area contributed by atoms with E-state index in [1.807, 2.05) is 18.5 Å². The Hall–Kier alpha value is -2.98. The summed E-state index contributed by atoms with van der Waals surface area (Å²) >= 11 is 0. The van der Waals surface area contributed by atoms with E-state index in [0.717, 1.165) is 25.2 Å². The van der Waals surface area contributed by atoms with Gasteiger partial charge in [-0.2, -0.15) is 5.10 Å². The average molecular weight is 383 g/mol. The summed E-state index contributed by atoms with van der Waals surface area (Å²) in [6, 6.07) is 19.4. The highest BCUT2D eigenvalue weighted by atomic mass is 15.2. The van der Waals surface area contributed by atoms with Gasteiger partial charge in [0.25, 0.3) is 0 Å². The molecule has 5 rings (SSSR count). The van der Waals surface area contributed by atoms with E-state index in [4.69, 9.17) is 0 Å². The number of aryl methyl sites for hydroxylation is 1. The van der Waals surface area contributed by atoms with E-state index in [0.29, 0.717) is 5.92 Å². The summed E-state index contributed by atoms with van der Waals surface area (Å²) in [6.45, 7) is 5.29. The van der Waals surface area contributed by atoms with Crippen molar-refractivity contribution in [2.24, 2.45) is 0 Å². The van der Waals surface area contributed by atoms with Gasteiger partial charge in [-0.3, -0.25) is 15.0 Å². The first-order chi connectivity index (χ1) is 14.3. The monoisotopic (exact) mass is 382 g/mol. The molecule has 4 heteroatoms. The Bertz CT molecular complexity index is 1110. The van der Waals surface area contributed by atoms with Crippen LogP contribution in [0.1, 0.15) is 35.6 Å². The molecular formula is C25H26N4. The quantitative estimate of drug-likeness (QED) is 0.520. The summed E-state index contributed by atoms with van der Waals surface area (Å²) in [5, 5.41) is 8.97. The third kappa shape index (κ3) is 3.68. The van der Waals surface area contributed by atoms with Crippen LogP contribution in [0.15, 0.2) is 67.0 Å². The van der Waals surface area contributed by atoms with Crippen LogP contribution in [0, 0.1) is 6.92 Å². The molecule has 0 saturated carbocycles. The van der Waals surface area contributed by atoms with Gasteiger partial charge in [-0.1, -0.05) is 48.0 Å². The molecule has 4 nitrogen and oxygen atoms in total. The Labute approximate surface area is 171 Å². The number of rotatable bonds is 4. The zero-order chi connectivity index (χ0) is 19.6. The number of aromatic nitrogens is 3. The highest BCUT2D eigenvalue weighted by molar-refractivity contribution is 5.81. The number of benzene rings is 2. The third-order valence-corrected chi connectivity index (χ3v) is 6.08. The van der Waals surface area contributed by atoms with E-state index < -0.39 is 0 Å². The van der Waals surface area contributed by atoms with Crippen LogP contribution in [0.3, 0.4) is 0 Å². The summed E-state index contributed by atoms with van der Waals surface area (Å²) in [6.07, 6.45) is 6.26. The molecule has 0 amide bonds. The van der Waals surface area contributed by atoms with Crippen molar-refractivity contribution in [3.05, 3.63) is 83.8 Å². The molecular weight excluding hydrogens is 356 g/mol. The number of hydrogen-bond donors (Lipinski definition) is 1. The van der Waals surface area contributed by atoms with Crippen molar-refractivity contribution in [1.29, 1.82) is 0 Å². The maximum atomic E-state index is 4.51. The molecule has 3 heterocycles. The van der Waals surface area contributed by atoms with Crippen LogP contribution < -0.4 is 0 Å². The lowest BCUT2D eigenvalue weighted by Crippen LogP contribution is -2.34. The average Bonchev–Trinajstić information content (AvgIpc) is 3.25. The molecule has 2 aromatic carbocycles. The molecule has 0 spiro atoms. The molecule has 29 heavy (non-hydrogen) atoms. The first-order valence-corrected chi connectivity index (χ1v) is 10.4. The Kier molecular flexibility index (Phi) is 4.86. The summed E-state index contributed by atoms with van der Waals surface area (Å²) in [5.74, 6) is 0.482. The minimum absolute atomic E-state index is 0.482. The lowest BCUT2D eigenvalue weighted by atomic mass is 9.90. The lowest BCUT2D eigenvalue weighted by Gasteiger charge is -2.33. The van der Waals surface area contributed by atoms with Crippen molar-refractivity contribution >= 4 is 10.9 Å². The molecule has 4 aromatic rings. The predicted octanol–water partition coefficient (Wildman–Crippen LogP) is 5.31. The van der Waals surface area contributed by atoms with Gasteiger partial charge in [0, 0.05) is 41.8 Å². The van der Waals surface area contributed by atoms with E-state index >= 15 is 0 Å². The molecule has 0 unspecified atom stereocenters. The van der Waals surface area contributed by atoms with E-state index in [-0.39, 0.29) is 0 Å². The molecule has 1 fully saturated rings. The first kappa shape index (κ1) is 18.1. The third-order valence-electron chi connectivity index (χ3n) is 6.08. The molecule has 1 aliphatic rings. The fourth-order valence-electron chi connectivity index (χ4n) is 4.55. The normalized spacial score (nSPS) is 17.6. The van der Waals surface area contributed by atoms with Crippen LogP contribution in [-0.4, -0.2) is 33.2 Å². The molecule has 0 radical (unpaired) electrons. The molecule has 1 N–H and O–H groups in total. The number of hydrogen-bond acceptors (Lipinski definition) is 3. The van der Waals surface area contributed by atoms with E-state index in [9.17, 15) is 0 Å². The number of H-pyrrole nitrogens is 1. The van der Waals surface area contributed by atoms with Crippen molar-refractivity contribution in [2.75, 3.05) is 13.1 Å². The van der Waals surface area contributed by atoms with Gasteiger partial charge in [-0.25, -0.2) is 0 Å². The van der Waals surface area contributed by atoms with Crippen molar-refractivity contribution in [2.45, 2.75) is 32.2 Å². The van der Waals surface area contributed by atoms with Crippen molar-refractivity contribution < 1.29 is 0 Å². The van der Waals surface area contributed by atoms with E-state index in [2.05, 4.69) is 75.5 Å². The molecule has 1 atom stereocenters. The summed E-state index contributed by atoms with van der Waals surface area (Å²) in [4.78, 5) is 7.09. The SMILES string of the molecule is Cc1ccc(-c2cn[nH]c2[C@@H]2CCCN(Cc3cccc4ncccc34)C2)cc1. The molecule has 0 aliphatic carbocycles. The molecule has 1 aliphatic heterocycles. The van der Waals surface area contributed by atoms with Gasteiger partial charge in [-0.05, 0) is 49.6 Å². The van der Waals surface area contributed by atoms with Crippen molar-refractivity contribution in [3.63, 3.8) is 0 Å². The second kappa shape index (κ2) is 7.80. The Balaban J connectivity index is 1.38. The minimum Gasteiger partial charge on any atom is -0.298 e. The Morgan fingerprint density at radius 3 is 2.86 bits per heavy atom. The Morgan fingerprint density at radius 2 is 1.97 bits per heavy atom. The fraction of sp³-hybridized carbons (Fsp3) is 0.280. The second-order valence-electron chi connectivity index (χ2n) is 8.12. The number of fused-ring (bicyclic) bond motifs is 1. The summed E-state index contributed by atoms with van der Waals surface area (Å²) < 4.78 is 0. The van der Waals surface area contributed by atoms with Crippen LogP contribution in [-0.2, 0) is 6.54 Å². The molecule has 2 aromatic heterocycles. The molecule has 0 bridgehead atoms. The van der Waals surface area contributed by atoms with Gasteiger partial charge in [0.2, 0.25) is 0 Å². The van der Waals surface area contributed by atoms with E-state index in [1.165, 1.54) is 46.2 Å². The van der Waals surface area contributed by atoms with Gasteiger partial charge in [0.15, 0.2) is 0 Å². The number of aromatic amines is 1. The smallest absolute Gasteiger partial charge is 0.0705 e. The highest BCUT2D eigenvalue weighted by Crippen LogP contribution is 2.34. The number of piperidine rings is 1. The maximum absolute atomic E-state index is 4.51. The van der Waals surface area contributed by atoms with Gasteiger partial charge >= 0.3 is 0 Å². The van der Waals surface area contributed by atoms with Crippen LogP contribution in [0.25, 0.3) is 22.0 Å². The second-order valence-corrected chi connectivity index (χ2v) is 8.12. The fourth-order valence-corrected chi connectivity index (χ4v) is 4.55. The topological polar surface area (TPSA) is 44.8 Å². The number of likely N-dealkylation sites (tertiary alicyclic amines) is 1. The first-order valence-electron chi connectivity index (χ1n) is 10.4. The predicted molar refractivity (Wildman–Crippen MR) is 118 cm³/mol. The van der Waals surface area contributed by atoms with Crippen LogP contribution in [0.2, 0.25) is 0 Å². The summed E-state index contributed by atoms with van der Waals surface area (Å²) in [5.41, 5.74) is 7.49. The summed E-state index contributed by atoms with van der Waals surface area (Å²) in [7, 11) is 0. The lowest BCUT2D eigenvalue weighted by molar-refractivity contribution is 0.199. The number of pyridine rings is 1. The zero-order valence-electron chi connectivity index (χ0n) is 16.8. The number of nitrogens with zero attached hydrogens (tertiary/aromatic N) is 3. The molecule has 146 valence electrons. The van der Waals surface area contributed by atoms with Gasteiger partial charge in [0.05, 0.1) is 11.7 Å². The highest BCUT2D eigenvalue weighted by Gasteiger charge is 2.25. The van der Waals surface area contributed by atoms with Crippen LogP contribution >= 0.6 is 0 Å². The van der Waals surface area contributed by atoms with Gasteiger partial charge in [-0.15, -0.1) is 0 Å².